The zero-order valence-electron chi connectivity index (χ0n) is 8.00. The summed E-state index contributed by atoms with van der Waals surface area (Å²) in [4.78, 5) is 23.4. The van der Waals surface area contributed by atoms with Gasteiger partial charge >= 0.3 is 6.03 Å². The molecule has 0 aliphatic carbocycles. The molecule has 0 spiro atoms. The van der Waals surface area contributed by atoms with Crippen LogP contribution in [0, 0.1) is 0 Å². The molecule has 2 unspecified atom stereocenters. The predicted molar refractivity (Wildman–Crippen MR) is 56.1 cm³/mol. The number of nitrogens with zero attached hydrogens (tertiary/aromatic N) is 1. The number of likely N-dealkylation sites (tertiary alicyclic amines) is 1. The van der Waals surface area contributed by atoms with E-state index in [4.69, 9.17) is 5.73 Å². The van der Waals surface area contributed by atoms with Crippen molar-refractivity contribution in [2.24, 2.45) is 5.73 Å². The van der Waals surface area contributed by atoms with E-state index in [0.29, 0.717) is 13.1 Å². The summed E-state index contributed by atoms with van der Waals surface area (Å²) in [6.45, 7) is 2.90. The van der Waals surface area contributed by atoms with Crippen molar-refractivity contribution in [3.63, 3.8) is 0 Å². The second-order valence-electron chi connectivity index (χ2n) is 3.39. The SMILES string of the molecule is CC(Br)C(=O)NC1CCN(C(N)=O)C1. The van der Waals surface area contributed by atoms with Gasteiger partial charge in [0.05, 0.1) is 4.83 Å². The van der Waals surface area contributed by atoms with Gasteiger partial charge in [0, 0.05) is 19.1 Å². The first kappa shape index (κ1) is 11.3. The summed E-state index contributed by atoms with van der Waals surface area (Å²) in [5.74, 6) is -0.0543. The van der Waals surface area contributed by atoms with Crippen LogP contribution in [-0.4, -0.2) is 40.8 Å². The Balaban J connectivity index is 2.36. The number of rotatable bonds is 2. The Labute approximate surface area is 91.1 Å². The maximum atomic E-state index is 11.3. The van der Waals surface area contributed by atoms with Gasteiger partial charge in [-0.3, -0.25) is 4.79 Å². The van der Waals surface area contributed by atoms with Gasteiger partial charge in [-0.2, -0.15) is 0 Å². The first-order chi connectivity index (χ1) is 6.50. The minimum atomic E-state index is -0.423. The molecule has 1 saturated heterocycles. The van der Waals surface area contributed by atoms with Crippen molar-refractivity contribution < 1.29 is 9.59 Å². The topological polar surface area (TPSA) is 75.4 Å². The summed E-state index contributed by atoms with van der Waals surface area (Å²) in [5, 5.41) is 2.83. The summed E-state index contributed by atoms with van der Waals surface area (Å²) in [6.07, 6.45) is 0.772. The van der Waals surface area contributed by atoms with E-state index in [1.165, 1.54) is 4.90 Å². The number of hydrogen-bond donors (Lipinski definition) is 2. The molecule has 5 nitrogen and oxygen atoms in total. The lowest BCUT2D eigenvalue weighted by Gasteiger charge is -2.15. The normalized spacial score (nSPS) is 23.3. The maximum absolute atomic E-state index is 11.3. The summed E-state index contributed by atoms with van der Waals surface area (Å²) in [5.41, 5.74) is 5.12. The Morgan fingerprint density at radius 1 is 1.64 bits per heavy atom. The van der Waals surface area contributed by atoms with Crippen LogP contribution in [0.5, 0.6) is 0 Å². The molecule has 3 N–H and O–H groups in total. The molecule has 14 heavy (non-hydrogen) atoms. The smallest absolute Gasteiger partial charge is 0.314 e. The third-order valence-corrected chi connectivity index (χ3v) is 2.62. The molecule has 2 atom stereocenters. The Morgan fingerprint density at radius 2 is 2.29 bits per heavy atom. The van der Waals surface area contributed by atoms with Crippen LogP contribution in [0.2, 0.25) is 0 Å². The van der Waals surface area contributed by atoms with Gasteiger partial charge in [0.25, 0.3) is 0 Å². The number of alkyl halides is 1. The number of primary amides is 1. The lowest BCUT2D eigenvalue weighted by atomic mass is 10.2. The molecule has 0 radical (unpaired) electrons. The quantitative estimate of drug-likeness (QED) is 0.691. The molecule has 1 aliphatic rings. The summed E-state index contributed by atoms with van der Waals surface area (Å²) < 4.78 is 0. The molecule has 0 aromatic carbocycles. The molecule has 0 saturated carbocycles. The van der Waals surface area contributed by atoms with Gasteiger partial charge in [-0.1, -0.05) is 15.9 Å². The minimum Gasteiger partial charge on any atom is -0.351 e. The minimum absolute atomic E-state index is 0.0370. The molecule has 3 amide bonds. The van der Waals surface area contributed by atoms with Crippen molar-refractivity contribution >= 4 is 27.9 Å². The van der Waals surface area contributed by atoms with E-state index < -0.39 is 6.03 Å². The van der Waals surface area contributed by atoms with E-state index in [9.17, 15) is 9.59 Å². The lowest BCUT2D eigenvalue weighted by molar-refractivity contribution is -0.120. The van der Waals surface area contributed by atoms with Gasteiger partial charge in [-0.15, -0.1) is 0 Å². The van der Waals surface area contributed by atoms with Crippen LogP contribution >= 0.6 is 15.9 Å². The number of nitrogens with one attached hydrogen (secondary N) is 1. The van der Waals surface area contributed by atoms with Crippen LogP contribution < -0.4 is 11.1 Å². The number of hydrogen-bond acceptors (Lipinski definition) is 2. The molecule has 0 aromatic heterocycles. The largest absolute Gasteiger partial charge is 0.351 e. The lowest BCUT2D eigenvalue weighted by Crippen LogP contribution is -2.42. The van der Waals surface area contributed by atoms with Crippen molar-refractivity contribution in [2.45, 2.75) is 24.2 Å². The fourth-order valence-electron chi connectivity index (χ4n) is 1.39. The van der Waals surface area contributed by atoms with Crippen molar-refractivity contribution in [3.05, 3.63) is 0 Å². The van der Waals surface area contributed by atoms with Gasteiger partial charge in [0.1, 0.15) is 0 Å². The first-order valence-corrected chi connectivity index (χ1v) is 5.41. The fraction of sp³-hybridized carbons (Fsp3) is 0.750. The molecule has 1 aliphatic heterocycles. The molecule has 0 aromatic rings. The average molecular weight is 264 g/mol. The van der Waals surface area contributed by atoms with E-state index >= 15 is 0 Å². The van der Waals surface area contributed by atoms with Crippen LogP contribution in [0.4, 0.5) is 4.79 Å². The van der Waals surface area contributed by atoms with E-state index in [2.05, 4.69) is 21.2 Å². The van der Waals surface area contributed by atoms with Crippen LogP contribution in [-0.2, 0) is 4.79 Å². The van der Waals surface area contributed by atoms with Crippen LogP contribution in [0.3, 0.4) is 0 Å². The summed E-state index contributed by atoms with van der Waals surface area (Å²) in [6, 6.07) is -0.386. The number of carbonyl (C=O) groups excluding carboxylic acids is 2. The highest BCUT2D eigenvalue weighted by Crippen LogP contribution is 2.09. The second-order valence-corrected chi connectivity index (χ2v) is 4.77. The number of urea groups is 1. The van der Waals surface area contributed by atoms with Crippen LogP contribution in [0.1, 0.15) is 13.3 Å². The van der Waals surface area contributed by atoms with E-state index in [0.717, 1.165) is 6.42 Å². The van der Waals surface area contributed by atoms with E-state index in [1.807, 2.05) is 0 Å². The number of halogens is 1. The van der Waals surface area contributed by atoms with Crippen molar-refractivity contribution in [1.82, 2.24) is 10.2 Å². The molecule has 1 heterocycles. The van der Waals surface area contributed by atoms with Crippen molar-refractivity contribution in [3.8, 4) is 0 Å². The third kappa shape index (κ3) is 2.87. The monoisotopic (exact) mass is 263 g/mol. The summed E-state index contributed by atoms with van der Waals surface area (Å²) >= 11 is 3.17. The van der Waals surface area contributed by atoms with Crippen molar-refractivity contribution in [2.75, 3.05) is 13.1 Å². The fourth-order valence-corrected chi connectivity index (χ4v) is 1.53. The average Bonchev–Trinajstić information content (AvgIpc) is 2.52. The van der Waals surface area contributed by atoms with Crippen LogP contribution in [0.15, 0.2) is 0 Å². The van der Waals surface area contributed by atoms with Gasteiger partial charge in [-0.05, 0) is 13.3 Å². The Kier molecular flexibility index (Phi) is 3.74. The highest BCUT2D eigenvalue weighted by molar-refractivity contribution is 9.10. The third-order valence-electron chi connectivity index (χ3n) is 2.21. The number of carbonyl (C=O) groups is 2. The van der Waals surface area contributed by atoms with Gasteiger partial charge in [-0.25, -0.2) is 4.79 Å². The van der Waals surface area contributed by atoms with Gasteiger partial charge in [0.2, 0.25) is 5.91 Å². The highest BCUT2D eigenvalue weighted by Gasteiger charge is 2.26. The maximum Gasteiger partial charge on any atom is 0.314 e. The number of nitrogens with two attached hydrogens (primary N) is 1. The molecule has 1 rings (SSSR count). The zero-order valence-corrected chi connectivity index (χ0v) is 9.58. The predicted octanol–water partition coefficient (Wildman–Crippen LogP) is 0.0390. The molecule has 6 heteroatoms. The Hall–Kier alpha value is -0.780. The molecule has 80 valence electrons. The Morgan fingerprint density at radius 3 is 2.71 bits per heavy atom. The van der Waals surface area contributed by atoms with Crippen LogP contribution in [0.25, 0.3) is 0 Å². The standard InChI is InChI=1S/C8H14BrN3O2/c1-5(9)7(13)11-6-2-3-12(4-6)8(10)14/h5-6H,2-4H2,1H3,(H2,10,14)(H,11,13). The van der Waals surface area contributed by atoms with E-state index in [-0.39, 0.29) is 16.8 Å². The molecule has 0 bridgehead atoms. The van der Waals surface area contributed by atoms with Gasteiger partial charge < -0.3 is 16.0 Å². The zero-order chi connectivity index (χ0) is 10.7. The Bertz CT molecular complexity index is 245. The molecular formula is C8H14BrN3O2. The second kappa shape index (κ2) is 4.63. The molecule has 1 fully saturated rings. The highest BCUT2D eigenvalue weighted by atomic mass is 79.9. The van der Waals surface area contributed by atoms with Gasteiger partial charge in [0.15, 0.2) is 0 Å². The first-order valence-electron chi connectivity index (χ1n) is 4.49. The number of amides is 3. The van der Waals surface area contributed by atoms with E-state index in [1.54, 1.807) is 6.92 Å². The van der Waals surface area contributed by atoms with Crippen molar-refractivity contribution in [1.29, 1.82) is 0 Å². The molecular weight excluding hydrogens is 250 g/mol. The summed E-state index contributed by atoms with van der Waals surface area (Å²) in [7, 11) is 0.